The molecule has 7 nitrogen and oxygen atoms in total. The van der Waals surface area contributed by atoms with Gasteiger partial charge in [0.05, 0.1) is 36.4 Å². The highest BCUT2D eigenvalue weighted by Gasteiger charge is 2.36. The molecule has 1 aliphatic heterocycles. The number of carbonyl (C=O) groups is 2. The highest BCUT2D eigenvalue weighted by Crippen LogP contribution is 2.40. The van der Waals surface area contributed by atoms with E-state index in [1.807, 2.05) is 17.5 Å². The van der Waals surface area contributed by atoms with Gasteiger partial charge >= 0.3 is 6.18 Å². The number of alkyl halides is 3. The van der Waals surface area contributed by atoms with Gasteiger partial charge in [-0.2, -0.15) is 18.3 Å². The summed E-state index contributed by atoms with van der Waals surface area (Å²) < 4.78 is 49.5. The number of benzene rings is 2. The summed E-state index contributed by atoms with van der Waals surface area (Å²) in [7, 11) is 4.49. The summed E-state index contributed by atoms with van der Waals surface area (Å²) in [5.74, 6) is 0.103. The van der Waals surface area contributed by atoms with E-state index in [9.17, 15) is 22.8 Å². The maximum atomic E-state index is 13.4. The Labute approximate surface area is 215 Å². The minimum Gasteiger partial charge on any atom is -0.497 e. The van der Waals surface area contributed by atoms with Gasteiger partial charge in [0.25, 0.3) is 11.8 Å². The Bertz CT molecular complexity index is 1310. The Kier molecular flexibility index (Phi) is 7.53. The maximum Gasteiger partial charge on any atom is 0.416 e. The Morgan fingerprint density at radius 2 is 1.84 bits per heavy atom. The fourth-order valence-electron chi connectivity index (χ4n) is 4.04. The molecule has 0 bridgehead atoms. The zero-order chi connectivity index (χ0) is 26.7. The lowest BCUT2D eigenvalue weighted by Gasteiger charge is -2.26. The number of rotatable bonds is 7. The Balaban J connectivity index is 1.59. The molecule has 0 saturated carbocycles. The van der Waals surface area contributed by atoms with E-state index in [0.29, 0.717) is 23.5 Å². The first-order valence-electron chi connectivity index (χ1n) is 11.2. The molecule has 0 aliphatic carbocycles. The molecule has 2 aromatic carbocycles. The standard InChI is InChI=1S/C26H24F3N3O4S/c1-31(25(34)16-6-8-17(9-7-16)26(27,28)29)15-24(33)32-21(14-20(30-32)23-5-4-12-37-23)19-13-18(35-2)10-11-22(19)36-3/h4-13,21H,14-15H2,1-3H3/t21-/m0/s1. The quantitative estimate of drug-likeness (QED) is 0.419. The van der Waals surface area contributed by atoms with Gasteiger partial charge < -0.3 is 14.4 Å². The molecule has 0 saturated heterocycles. The Morgan fingerprint density at radius 3 is 2.43 bits per heavy atom. The number of hydrazone groups is 1. The van der Waals surface area contributed by atoms with E-state index in [-0.39, 0.29) is 12.1 Å². The molecule has 194 valence electrons. The van der Waals surface area contributed by atoms with Crippen LogP contribution in [0.5, 0.6) is 11.5 Å². The fraction of sp³-hybridized carbons (Fsp3) is 0.269. The average molecular weight is 532 g/mol. The number of halogens is 3. The first-order valence-corrected chi connectivity index (χ1v) is 12.1. The van der Waals surface area contributed by atoms with Crippen LogP contribution in [0.2, 0.25) is 0 Å². The fourth-order valence-corrected chi connectivity index (χ4v) is 4.76. The minimum atomic E-state index is -4.51. The molecule has 0 unspecified atom stereocenters. The van der Waals surface area contributed by atoms with Gasteiger partial charge in [-0.1, -0.05) is 6.07 Å². The third-order valence-electron chi connectivity index (χ3n) is 5.95. The molecular formula is C26H24F3N3O4S. The predicted molar refractivity (Wildman–Crippen MR) is 133 cm³/mol. The summed E-state index contributed by atoms with van der Waals surface area (Å²) in [6, 6.07) is 12.5. The summed E-state index contributed by atoms with van der Waals surface area (Å²) in [6.07, 6.45) is -4.08. The molecule has 0 radical (unpaired) electrons. The van der Waals surface area contributed by atoms with Crippen LogP contribution in [0, 0.1) is 0 Å². The minimum absolute atomic E-state index is 0.0403. The number of amides is 2. The molecule has 0 N–H and O–H groups in total. The number of likely N-dealkylation sites (N-methyl/N-ethyl adjacent to an activating group) is 1. The Hall–Kier alpha value is -3.86. The molecule has 1 atom stereocenters. The van der Waals surface area contributed by atoms with Crippen LogP contribution in [0.4, 0.5) is 13.2 Å². The SMILES string of the molecule is COc1ccc(OC)c([C@@H]2CC(c3cccs3)=NN2C(=O)CN(C)C(=O)c2ccc(C(F)(F)F)cc2)c1. The third kappa shape index (κ3) is 5.61. The lowest BCUT2D eigenvalue weighted by atomic mass is 9.99. The molecule has 3 aromatic rings. The zero-order valence-corrected chi connectivity index (χ0v) is 21.1. The van der Waals surface area contributed by atoms with Crippen LogP contribution < -0.4 is 9.47 Å². The van der Waals surface area contributed by atoms with Crippen molar-refractivity contribution in [1.82, 2.24) is 9.91 Å². The van der Waals surface area contributed by atoms with E-state index in [2.05, 4.69) is 5.10 Å². The van der Waals surface area contributed by atoms with Crippen molar-refractivity contribution in [3.63, 3.8) is 0 Å². The smallest absolute Gasteiger partial charge is 0.416 e. The molecule has 0 fully saturated rings. The second-order valence-electron chi connectivity index (χ2n) is 8.33. The van der Waals surface area contributed by atoms with Crippen LogP contribution in [0.3, 0.4) is 0 Å². The number of methoxy groups -OCH3 is 2. The molecule has 1 aliphatic rings. The van der Waals surface area contributed by atoms with Crippen molar-refractivity contribution in [2.75, 3.05) is 27.8 Å². The van der Waals surface area contributed by atoms with Crippen LogP contribution in [0.1, 0.15) is 38.8 Å². The molecular weight excluding hydrogens is 507 g/mol. The highest BCUT2D eigenvalue weighted by atomic mass is 32.1. The van der Waals surface area contributed by atoms with Crippen molar-refractivity contribution in [1.29, 1.82) is 0 Å². The van der Waals surface area contributed by atoms with Gasteiger partial charge in [-0.15, -0.1) is 11.3 Å². The Morgan fingerprint density at radius 1 is 1.11 bits per heavy atom. The molecule has 4 rings (SSSR count). The monoisotopic (exact) mass is 531 g/mol. The van der Waals surface area contributed by atoms with Gasteiger partial charge in [0, 0.05) is 24.6 Å². The molecule has 37 heavy (non-hydrogen) atoms. The summed E-state index contributed by atoms with van der Waals surface area (Å²) in [4.78, 5) is 28.4. The summed E-state index contributed by atoms with van der Waals surface area (Å²) in [5.41, 5.74) is 0.598. The number of nitrogens with zero attached hydrogens (tertiary/aromatic N) is 3. The van der Waals surface area contributed by atoms with Crippen molar-refractivity contribution < 1.29 is 32.2 Å². The van der Waals surface area contributed by atoms with E-state index < -0.39 is 29.6 Å². The topological polar surface area (TPSA) is 71.4 Å². The summed E-state index contributed by atoms with van der Waals surface area (Å²) in [6.45, 7) is -0.330. The van der Waals surface area contributed by atoms with Crippen LogP contribution in [0.15, 0.2) is 65.1 Å². The van der Waals surface area contributed by atoms with Gasteiger partial charge in [-0.3, -0.25) is 9.59 Å². The van der Waals surface area contributed by atoms with E-state index >= 15 is 0 Å². The van der Waals surface area contributed by atoms with Crippen LogP contribution in [-0.2, 0) is 11.0 Å². The van der Waals surface area contributed by atoms with Crippen LogP contribution >= 0.6 is 11.3 Å². The van der Waals surface area contributed by atoms with Crippen molar-refractivity contribution in [3.05, 3.63) is 81.5 Å². The van der Waals surface area contributed by atoms with E-state index in [4.69, 9.17) is 9.47 Å². The van der Waals surface area contributed by atoms with Crippen molar-refractivity contribution in [3.8, 4) is 11.5 Å². The van der Waals surface area contributed by atoms with E-state index in [1.54, 1.807) is 25.3 Å². The van der Waals surface area contributed by atoms with Crippen LogP contribution in [-0.4, -0.2) is 55.2 Å². The van der Waals surface area contributed by atoms with Crippen LogP contribution in [0.25, 0.3) is 0 Å². The second-order valence-corrected chi connectivity index (χ2v) is 9.27. The maximum absolute atomic E-state index is 13.4. The lowest BCUT2D eigenvalue weighted by molar-refractivity contribution is -0.137. The van der Waals surface area contributed by atoms with Crippen molar-refractivity contribution >= 4 is 28.9 Å². The van der Waals surface area contributed by atoms with E-state index in [1.165, 1.54) is 30.5 Å². The molecule has 2 heterocycles. The van der Waals surface area contributed by atoms with Gasteiger partial charge in [0.2, 0.25) is 0 Å². The summed E-state index contributed by atoms with van der Waals surface area (Å²) >= 11 is 1.50. The number of carbonyl (C=O) groups excluding carboxylic acids is 2. The largest absolute Gasteiger partial charge is 0.497 e. The molecule has 1 aromatic heterocycles. The highest BCUT2D eigenvalue weighted by molar-refractivity contribution is 7.12. The number of hydrogen-bond donors (Lipinski definition) is 0. The first kappa shape index (κ1) is 26.2. The number of hydrogen-bond acceptors (Lipinski definition) is 6. The second kappa shape index (κ2) is 10.6. The number of ether oxygens (including phenoxy) is 2. The summed E-state index contributed by atoms with van der Waals surface area (Å²) in [5, 5.41) is 7.85. The van der Waals surface area contributed by atoms with E-state index in [0.717, 1.165) is 39.8 Å². The van der Waals surface area contributed by atoms with Gasteiger partial charge in [-0.25, -0.2) is 5.01 Å². The van der Waals surface area contributed by atoms with Crippen molar-refractivity contribution in [2.45, 2.75) is 18.6 Å². The lowest BCUT2D eigenvalue weighted by Crippen LogP contribution is -2.39. The number of thiophene rings is 1. The van der Waals surface area contributed by atoms with Crippen molar-refractivity contribution in [2.24, 2.45) is 5.10 Å². The predicted octanol–water partition coefficient (Wildman–Crippen LogP) is 5.23. The normalized spacial score (nSPS) is 15.4. The third-order valence-corrected chi connectivity index (χ3v) is 6.86. The average Bonchev–Trinajstić information content (AvgIpc) is 3.58. The molecule has 11 heteroatoms. The van der Waals surface area contributed by atoms with Gasteiger partial charge in [0.1, 0.15) is 18.0 Å². The molecule has 2 amide bonds. The van der Waals surface area contributed by atoms with Gasteiger partial charge in [-0.05, 0) is 53.9 Å². The van der Waals surface area contributed by atoms with Gasteiger partial charge in [0.15, 0.2) is 0 Å². The molecule has 0 spiro atoms. The first-order chi connectivity index (χ1) is 17.6. The zero-order valence-electron chi connectivity index (χ0n) is 20.3.